The highest BCUT2D eigenvalue weighted by Gasteiger charge is 2.13. The maximum absolute atomic E-state index is 11.9. The van der Waals surface area contributed by atoms with Crippen LogP contribution in [-0.4, -0.2) is 49.6 Å². The molecule has 0 bridgehead atoms. The molecule has 0 saturated heterocycles. The normalized spacial score (nSPS) is 10.0. The molecule has 0 saturated carbocycles. The first-order valence-corrected chi connectivity index (χ1v) is 7.76. The van der Waals surface area contributed by atoms with Gasteiger partial charge in [-0.15, -0.1) is 0 Å². The molecule has 1 heterocycles. The molecule has 0 spiro atoms. The van der Waals surface area contributed by atoms with Gasteiger partial charge >= 0.3 is 5.97 Å². The van der Waals surface area contributed by atoms with E-state index in [4.69, 9.17) is 15.6 Å². The van der Waals surface area contributed by atoms with E-state index in [1.807, 2.05) is 30.3 Å². The summed E-state index contributed by atoms with van der Waals surface area (Å²) in [5.41, 5.74) is 5.82. The second kappa shape index (κ2) is 11.1. The fourth-order valence-corrected chi connectivity index (χ4v) is 2.09. The number of carboxylic acids is 1. The van der Waals surface area contributed by atoms with Gasteiger partial charge in [0.25, 0.3) is 0 Å². The van der Waals surface area contributed by atoms with Crippen LogP contribution in [0.3, 0.4) is 0 Å². The third kappa shape index (κ3) is 6.50. The van der Waals surface area contributed by atoms with E-state index in [9.17, 15) is 9.59 Å². The number of hydrogen-bond donors (Lipinski definition) is 2. The van der Waals surface area contributed by atoms with Crippen LogP contribution < -0.4 is 11.2 Å². The van der Waals surface area contributed by atoms with Gasteiger partial charge in [-0.1, -0.05) is 30.3 Å². The monoisotopic (exact) mass is 348 g/mol. The second-order valence-electron chi connectivity index (χ2n) is 5.08. The first-order valence-electron chi connectivity index (χ1n) is 7.76. The molecule has 0 aliphatic carbocycles. The van der Waals surface area contributed by atoms with Crippen molar-refractivity contribution in [3.05, 3.63) is 58.4 Å². The zero-order chi connectivity index (χ0) is 18.7. The lowest BCUT2D eigenvalue weighted by Gasteiger charge is -2.14. The quantitative estimate of drug-likeness (QED) is 0.785. The standard InChI is InChI=1S/C15H15NO4.C3H9NO/c1-20-8-7-16-10-12(15(18)19)14(17)9-13(16)11-5-3-2-4-6-11;1-5-3-2-4/h2-6,9-10H,7-8H2,1H3,(H,18,19);2-4H2,1H3. The molecule has 3 N–H and O–H groups in total. The van der Waals surface area contributed by atoms with E-state index in [0.717, 1.165) is 5.56 Å². The topological polar surface area (TPSA) is 104 Å². The van der Waals surface area contributed by atoms with Crippen LogP contribution in [0.1, 0.15) is 10.4 Å². The predicted molar refractivity (Wildman–Crippen MR) is 95.9 cm³/mol. The fourth-order valence-electron chi connectivity index (χ4n) is 2.09. The summed E-state index contributed by atoms with van der Waals surface area (Å²) in [5, 5.41) is 9.03. The predicted octanol–water partition coefficient (Wildman–Crippen LogP) is 1.45. The Bertz CT molecular complexity index is 711. The number of rotatable bonds is 7. The molecule has 0 unspecified atom stereocenters. The van der Waals surface area contributed by atoms with Gasteiger partial charge in [-0.25, -0.2) is 4.79 Å². The summed E-state index contributed by atoms with van der Waals surface area (Å²) in [7, 11) is 3.20. The number of nitrogens with two attached hydrogens (primary N) is 1. The minimum absolute atomic E-state index is 0.235. The molecule has 2 aromatic rings. The van der Waals surface area contributed by atoms with Crippen molar-refractivity contribution >= 4 is 5.97 Å². The smallest absolute Gasteiger partial charge is 0.341 e. The van der Waals surface area contributed by atoms with Gasteiger partial charge in [0.2, 0.25) is 0 Å². The lowest BCUT2D eigenvalue weighted by molar-refractivity contribution is 0.0694. The Morgan fingerprint density at radius 1 is 1.16 bits per heavy atom. The lowest BCUT2D eigenvalue weighted by atomic mass is 10.1. The Hall–Kier alpha value is -2.48. The van der Waals surface area contributed by atoms with Crippen LogP contribution in [0.15, 0.2) is 47.4 Å². The van der Waals surface area contributed by atoms with Crippen molar-refractivity contribution in [2.24, 2.45) is 5.73 Å². The van der Waals surface area contributed by atoms with Crippen molar-refractivity contribution in [2.75, 3.05) is 34.0 Å². The molecule has 0 aliphatic rings. The van der Waals surface area contributed by atoms with Crippen LogP contribution in [0.2, 0.25) is 0 Å². The van der Waals surface area contributed by atoms with Gasteiger partial charge in [0.1, 0.15) is 5.56 Å². The van der Waals surface area contributed by atoms with Crippen molar-refractivity contribution in [2.45, 2.75) is 6.54 Å². The third-order valence-electron chi connectivity index (χ3n) is 3.29. The molecule has 0 amide bonds. The van der Waals surface area contributed by atoms with E-state index in [1.165, 1.54) is 12.3 Å². The Morgan fingerprint density at radius 2 is 1.80 bits per heavy atom. The fraction of sp³-hybridized carbons (Fsp3) is 0.333. The van der Waals surface area contributed by atoms with Gasteiger partial charge in [0.05, 0.1) is 18.9 Å². The number of aromatic carboxylic acids is 1. The first-order chi connectivity index (χ1) is 12.0. The van der Waals surface area contributed by atoms with Gasteiger partial charge in [-0.3, -0.25) is 4.79 Å². The maximum Gasteiger partial charge on any atom is 0.341 e. The Kier molecular flexibility index (Phi) is 9.16. The van der Waals surface area contributed by atoms with Crippen LogP contribution in [-0.2, 0) is 16.0 Å². The highest BCUT2D eigenvalue weighted by atomic mass is 16.5. The highest BCUT2D eigenvalue weighted by molar-refractivity contribution is 5.87. The molecule has 1 aromatic carbocycles. The number of aromatic nitrogens is 1. The van der Waals surface area contributed by atoms with Crippen LogP contribution in [0, 0.1) is 0 Å². The largest absolute Gasteiger partial charge is 0.477 e. The molecule has 2 rings (SSSR count). The average molecular weight is 348 g/mol. The molecule has 7 heteroatoms. The number of hydrogen-bond acceptors (Lipinski definition) is 5. The molecule has 0 fully saturated rings. The van der Waals surface area contributed by atoms with E-state index in [1.54, 1.807) is 18.8 Å². The number of pyridine rings is 1. The number of nitrogens with zero attached hydrogens (tertiary/aromatic N) is 1. The molecule has 0 radical (unpaired) electrons. The number of ether oxygens (including phenoxy) is 2. The van der Waals surface area contributed by atoms with Crippen LogP contribution >= 0.6 is 0 Å². The Labute approximate surface area is 146 Å². The van der Waals surface area contributed by atoms with E-state index in [2.05, 4.69) is 4.74 Å². The summed E-state index contributed by atoms with van der Waals surface area (Å²) >= 11 is 0. The summed E-state index contributed by atoms with van der Waals surface area (Å²) in [5.74, 6) is -1.22. The van der Waals surface area contributed by atoms with Crippen LogP contribution in [0.25, 0.3) is 11.3 Å². The van der Waals surface area contributed by atoms with Gasteiger partial charge in [0, 0.05) is 39.6 Å². The van der Waals surface area contributed by atoms with E-state index >= 15 is 0 Å². The third-order valence-corrected chi connectivity index (χ3v) is 3.29. The lowest BCUT2D eigenvalue weighted by Crippen LogP contribution is -2.19. The summed E-state index contributed by atoms with van der Waals surface area (Å²) < 4.78 is 11.3. The summed E-state index contributed by atoms with van der Waals surface area (Å²) in [6.07, 6.45) is 1.37. The Balaban J connectivity index is 0.000000550. The number of methoxy groups -OCH3 is 2. The second-order valence-corrected chi connectivity index (χ2v) is 5.08. The maximum atomic E-state index is 11.9. The first kappa shape index (κ1) is 20.6. The van der Waals surface area contributed by atoms with Crippen LogP contribution in [0.5, 0.6) is 0 Å². The number of carbonyl (C=O) groups is 1. The molecular weight excluding hydrogens is 324 g/mol. The number of benzene rings is 1. The van der Waals surface area contributed by atoms with Crippen molar-refractivity contribution in [1.82, 2.24) is 4.57 Å². The van der Waals surface area contributed by atoms with Gasteiger partial charge < -0.3 is 24.9 Å². The van der Waals surface area contributed by atoms with Gasteiger partial charge in [0.15, 0.2) is 5.43 Å². The van der Waals surface area contributed by atoms with Crippen LogP contribution in [0.4, 0.5) is 0 Å². The number of carboxylic acid groups (broad SMARTS) is 1. The molecule has 7 nitrogen and oxygen atoms in total. The van der Waals surface area contributed by atoms with Crippen molar-refractivity contribution < 1.29 is 19.4 Å². The summed E-state index contributed by atoms with van der Waals surface area (Å²) in [6, 6.07) is 10.7. The minimum Gasteiger partial charge on any atom is -0.477 e. The zero-order valence-corrected chi connectivity index (χ0v) is 14.5. The van der Waals surface area contributed by atoms with E-state index < -0.39 is 11.4 Å². The molecule has 0 aliphatic heterocycles. The van der Waals surface area contributed by atoms with E-state index in [-0.39, 0.29) is 5.56 Å². The Morgan fingerprint density at radius 3 is 2.28 bits per heavy atom. The van der Waals surface area contributed by atoms with Crippen molar-refractivity contribution in [1.29, 1.82) is 0 Å². The molecular formula is C18H24N2O5. The minimum atomic E-state index is -1.22. The molecule has 136 valence electrons. The highest BCUT2D eigenvalue weighted by Crippen LogP contribution is 2.18. The zero-order valence-electron chi connectivity index (χ0n) is 14.5. The summed E-state index contributed by atoms with van der Waals surface area (Å²) in [4.78, 5) is 22.9. The van der Waals surface area contributed by atoms with E-state index in [0.29, 0.717) is 32.0 Å². The van der Waals surface area contributed by atoms with Gasteiger partial charge in [-0.05, 0) is 5.56 Å². The average Bonchev–Trinajstić information content (AvgIpc) is 2.62. The molecule has 25 heavy (non-hydrogen) atoms. The van der Waals surface area contributed by atoms with Crippen molar-refractivity contribution in [3.8, 4) is 11.3 Å². The molecule has 0 atom stereocenters. The molecule has 1 aromatic heterocycles. The summed E-state index contributed by atoms with van der Waals surface area (Å²) in [6.45, 7) is 2.19. The van der Waals surface area contributed by atoms with Crippen molar-refractivity contribution in [3.63, 3.8) is 0 Å². The van der Waals surface area contributed by atoms with Gasteiger partial charge in [-0.2, -0.15) is 0 Å². The SMILES string of the molecule is COCCN.COCCn1cc(C(=O)O)c(=O)cc1-c1ccccc1.